The zero-order valence-corrected chi connectivity index (χ0v) is 11.3. The Labute approximate surface area is 121 Å². The smallest absolute Gasteiger partial charge is 0.339 e. The first-order valence-electron chi connectivity index (χ1n) is 6.16. The van der Waals surface area contributed by atoms with Crippen molar-refractivity contribution in [3.8, 4) is 11.8 Å². The van der Waals surface area contributed by atoms with Crippen molar-refractivity contribution in [3.63, 3.8) is 0 Å². The molecule has 0 heterocycles. The first-order valence-corrected chi connectivity index (χ1v) is 6.16. The third kappa shape index (κ3) is 3.37. The van der Waals surface area contributed by atoms with Gasteiger partial charge in [-0.05, 0) is 37.3 Å². The number of aryl methyl sites for hydroxylation is 1. The Morgan fingerprint density at radius 3 is 2.76 bits per heavy atom. The second kappa shape index (κ2) is 6.06. The number of nitriles is 1. The molecule has 2 aromatic carbocycles. The van der Waals surface area contributed by atoms with Gasteiger partial charge in [-0.1, -0.05) is 11.6 Å². The molecule has 2 aromatic rings. The fraction of sp³-hybridized carbons (Fsp3) is 0.125. The van der Waals surface area contributed by atoms with Crippen LogP contribution in [0.4, 0.5) is 4.39 Å². The second-order valence-electron chi connectivity index (χ2n) is 4.51. The van der Waals surface area contributed by atoms with Gasteiger partial charge in [0, 0.05) is 5.56 Å². The Morgan fingerprint density at radius 2 is 2.10 bits per heavy atom. The van der Waals surface area contributed by atoms with Gasteiger partial charge in [0.15, 0.2) is 0 Å². The maximum absolute atomic E-state index is 13.2. The highest BCUT2D eigenvalue weighted by molar-refractivity contribution is 5.91. The molecular weight excluding hydrogens is 273 g/mol. The number of carbonyl (C=O) groups is 1. The lowest BCUT2D eigenvalue weighted by Crippen LogP contribution is -2.05. The van der Waals surface area contributed by atoms with Gasteiger partial charge >= 0.3 is 5.97 Å². The Morgan fingerprint density at radius 1 is 1.33 bits per heavy atom. The predicted molar refractivity (Wildman–Crippen MR) is 73.6 cm³/mol. The van der Waals surface area contributed by atoms with Crippen molar-refractivity contribution in [2.75, 3.05) is 0 Å². The van der Waals surface area contributed by atoms with Crippen LogP contribution in [0.3, 0.4) is 0 Å². The van der Waals surface area contributed by atoms with Crippen molar-refractivity contribution in [1.29, 1.82) is 5.26 Å². The molecule has 1 N–H and O–H groups in total. The van der Waals surface area contributed by atoms with E-state index in [9.17, 15) is 9.18 Å². The standard InChI is InChI=1S/C16H12FNO3/c1-10-2-5-15(14(6-10)16(19)20)21-9-12-7-13(17)4-3-11(12)8-18/h2-7H,9H2,1H3,(H,19,20). The average Bonchev–Trinajstić information content (AvgIpc) is 2.46. The monoisotopic (exact) mass is 285 g/mol. The van der Waals surface area contributed by atoms with Gasteiger partial charge in [0.1, 0.15) is 23.7 Å². The molecule has 106 valence electrons. The van der Waals surface area contributed by atoms with Crippen LogP contribution >= 0.6 is 0 Å². The first-order chi connectivity index (χ1) is 10.0. The topological polar surface area (TPSA) is 70.3 Å². The van der Waals surface area contributed by atoms with Crippen molar-refractivity contribution < 1.29 is 19.0 Å². The van der Waals surface area contributed by atoms with Gasteiger partial charge in [0.05, 0.1) is 11.6 Å². The molecule has 2 rings (SSSR count). The van der Waals surface area contributed by atoms with Gasteiger partial charge in [-0.15, -0.1) is 0 Å². The number of hydrogen-bond donors (Lipinski definition) is 1. The number of carboxylic acid groups (broad SMARTS) is 1. The van der Waals surface area contributed by atoms with Crippen LogP contribution in [0.1, 0.15) is 27.0 Å². The number of ether oxygens (including phenoxy) is 1. The summed E-state index contributed by atoms with van der Waals surface area (Å²) in [6.45, 7) is 1.70. The van der Waals surface area contributed by atoms with Crippen LogP contribution in [0.2, 0.25) is 0 Å². The minimum atomic E-state index is -1.10. The van der Waals surface area contributed by atoms with Gasteiger partial charge in [0.25, 0.3) is 0 Å². The normalized spacial score (nSPS) is 9.95. The average molecular weight is 285 g/mol. The number of halogens is 1. The van der Waals surface area contributed by atoms with E-state index >= 15 is 0 Å². The summed E-state index contributed by atoms with van der Waals surface area (Å²) >= 11 is 0. The van der Waals surface area contributed by atoms with Crippen molar-refractivity contribution >= 4 is 5.97 Å². The molecule has 0 aliphatic carbocycles. The van der Waals surface area contributed by atoms with Crippen molar-refractivity contribution in [3.05, 3.63) is 64.5 Å². The van der Waals surface area contributed by atoms with Gasteiger partial charge in [-0.3, -0.25) is 0 Å². The van der Waals surface area contributed by atoms with Crippen molar-refractivity contribution in [2.45, 2.75) is 13.5 Å². The lowest BCUT2D eigenvalue weighted by molar-refractivity contribution is 0.0691. The molecule has 0 unspecified atom stereocenters. The summed E-state index contributed by atoms with van der Waals surface area (Å²) in [4.78, 5) is 11.2. The van der Waals surface area contributed by atoms with Crippen LogP contribution < -0.4 is 4.74 Å². The summed E-state index contributed by atoms with van der Waals surface area (Å²) in [5.41, 5.74) is 1.49. The molecule has 21 heavy (non-hydrogen) atoms. The van der Waals surface area contributed by atoms with E-state index in [1.807, 2.05) is 6.07 Å². The van der Waals surface area contributed by atoms with E-state index in [1.54, 1.807) is 19.1 Å². The molecule has 0 saturated heterocycles. The fourth-order valence-electron chi connectivity index (χ4n) is 1.88. The second-order valence-corrected chi connectivity index (χ2v) is 4.51. The third-order valence-corrected chi connectivity index (χ3v) is 2.94. The molecular formula is C16H12FNO3. The first kappa shape index (κ1) is 14.5. The SMILES string of the molecule is Cc1ccc(OCc2cc(F)ccc2C#N)c(C(=O)O)c1. The lowest BCUT2D eigenvalue weighted by atomic mass is 10.1. The van der Waals surface area contributed by atoms with Gasteiger partial charge < -0.3 is 9.84 Å². The molecule has 0 radical (unpaired) electrons. The molecule has 4 nitrogen and oxygen atoms in total. The minimum absolute atomic E-state index is 0.0323. The Hall–Kier alpha value is -2.87. The number of carboxylic acids is 1. The number of hydrogen-bond acceptors (Lipinski definition) is 3. The van der Waals surface area contributed by atoms with E-state index < -0.39 is 11.8 Å². The Bertz CT molecular complexity index is 735. The number of benzene rings is 2. The quantitative estimate of drug-likeness (QED) is 0.935. The van der Waals surface area contributed by atoms with E-state index in [0.717, 1.165) is 5.56 Å². The molecule has 0 fully saturated rings. The highest BCUT2D eigenvalue weighted by Crippen LogP contribution is 2.22. The molecule has 0 amide bonds. The van der Waals surface area contributed by atoms with Crippen LogP contribution in [0.25, 0.3) is 0 Å². The molecule has 0 saturated carbocycles. The van der Waals surface area contributed by atoms with Gasteiger partial charge in [-0.2, -0.15) is 5.26 Å². The zero-order chi connectivity index (χ0) is 15.4. The molecule has 0 aliphatic rings. The summed E-state index contributed by atoms with van der Waals surface area (Å²) in [7, 11) is 0. The van der Waals surface area contributed by atoms with Crippen molar-refractivity contribution in [2.24, 2.45) is 0 Å². The Balaban J connectivity index is 2.27. The largest absolute Gasteiger partial charge is 0.488 e. The van der Waals surface area contributed by atoms with E-state index in [0.29, 0.717) is 11.1 Å². The number of rotatable bonds is 4. The van der Waals surface area contributed by atoms with E-state index in [-0.39, 0.29) is 17.9 Å². The van der Waals surface area contributed by atoms with Gasteiger partial charge in [-0.25, -0.2) is 9.18 Å². The minimum Gasteiger partial charge on any atom is -0.488 e. The molecule has 0 atom stereocenters. The maximum atomic E-state index is 13.2. The van der Waals surface area contributed by atoms with Gasteiger partial charge in [0.2, 0.25) is 0 Å². The summed E-state index contributed by atoms with van der Waals surface area (Å²) in [6, 6.07) is 10.5. The molecule has 0 aliphatic heterocycles. The van der Waals surface area contributed by atoms with E-state index in [4.69, 9.17) is 15.1 Å². The van der Waals surface area contributed by atoms with Crippen LogP contribution in [0, 0.1) is 24.1 Å². The molecule has 0 aromatic heterocycles. The third-order valence-electron chi connectivity index (χ3n) is 2.94. The maximum Gasteiger partial charge on any atom is 0.339 e. The highest BCUT2D eigenvalue weighted by Gasteiger charge is 2.12. The highest BCUT2D eigenvalue weighted by atomic mass is 19.1. The Kier molecular flexibility index (Phi) is 4.19. The zero-order valence-electron chi connectivity index (χ0n) is 11.3. The molecule has 0 spiro atoms. The summed E-state index contributed by atoms with van der Waals surface area (Å²) in [6.07, 6.45) is 0. The molecule has 5 heteroatoms. The van der Waals surface area contributed by atoms with Crippen LogP contribution in [0.5, 0.6) is 5.75 Å². The number of nitrogens with zero attached hydrogens (tertiary/aromatic N) is 1. The number of aromatic carboxylic acids is 1. The lowest BCUT2D eigenvalue weighted by Gasteiger charge is -2.11. The fourth-order valence-corrected chi connectivity index (χ4v) is 1.88. The summed E-state index contributed by atoms with van der Waals surface area (Å²) in [5.74, 6) is -1.40. The van der Waals surface area contributed by atoms with E-state index in [2.05, 4.69) is 0 Å². The van der Waals surface area contributed by atoms with Crippen molar-refractivity contribution in [1.82, 2.24) is 0 Å². The molecule has 0 bridgehead atoms. The summed E-state index contributed by atoms with van der Waals surface area (Å²) in [5, 5.41) is 18.1. The van der Waals surface area contributed by atoms with E-state index in [1.165, 1.54) is 24.3 Å². The van der Waals surface area contributed by atoms with Crippen LogP contribution in [-0.2, 0) is 6.61 Å². The van der Waals surface area contributed by atoms with Crippen LogP contribution in [-0.4, -0.2) is 11.1 Å². The predicted octanol–water partition coefficient (Wildman–Crippen LogP) is 3.28. The summed E-state index contributed by atoms with van der Waals surface area (Å²) < 4.78 is 18.6. The van der Waals surface area contributed by atoms with Crippen LogP contribution in [0.15, 0.2) is 36.4 Å².